The predicted octanol–water partition coefficient (Wildman–Crippen LogP) is 2.22. The molecule has 1 aliphatic heterocycles. The third kappa shape index (κ3) is 4.65. The number of carboxylic acids is 1. The largest absolute Gasteiger partial charge is 0.481 e. The van der Waals surface area contributed by atoms with Crippen LogP contribution >= 0.6 is 0 Å². The van der Waals surface area contributed by atoms with E-state index in [1.165, 1.54) is 6.42 Å². The highest BCUT2D eigenvalue weighted by Crippen LogP contribution is 2.20. The molecule has 2 atom stereocenters. The highest BCUT2D eigenvalue weighted by atomic mass is 16.4. The Labute approximate surface area is 92.5 Å². The van der Waals surface area contributed by atoms with Gasteiger partial charge >= 0.3 is 5.97 Å². The lowest BCUT2D eigenvalue weighted by Crippen LogP contribution is -2.38. The van der Waals surface area contributed by atoms with Gasteiger partial charge in [-0.25, -0.2) is 0 Å². The lowest BCUT2D eigenvalue weighted by molar-refractivity contribution is -0.138. The number of likely N-dealkylation sites (tertiary alicyclic amines) is 1. The van der Waals surface area contributed by atoms with Gasteiger partial charge in [0.1, 0.15) is 0 Å². The molecule has 0 spiro atoms. The fourth-order valence-corrected chi connectivity index (χ4v) is 2.30. The van der Waals surface area contributed by atoms with Crippen molar-refractivity contribution >= 4 is 5.97 Å². The molecule has 0 saturated carbocycles. The van der Waals surface area contributed by atoms with Gasteiger partial charge in [-0.05, 0) is 31.2 Å². The first-order chi connectivity index (χ1) is 7.11. The summed E-state index contributed by atoms with van der Waals surface area (Å²) in [6.07, 6.45) is 3.80. The summed E-state index contributed by atoms with van der Waals surface area (Å²) in [6, 6.07) is 0. The predicted molar refractivity (Wildman–Crippen MR) is 60.9 cm³/mol. The zero-order chi connectivity index (χ0) is 11.3. The Bertz CT molecular complexity index is 206. The number of piperidine rings is 1. The van der Waals surface area contributed by atoms with E-state index in [1.807, 2.05) is 0 Å². The van der Waals surface area contributed by atoms with Crippen LogP contribution in [0.3, 0.4) is 0 Å². The number of carboxylic acid groups (broad SMARTS) is 1. The molecule has 3 nitrogen and oxygen atoms in total. The maximum absolute atomic E-state index is 10.6. The van der Waals surface area contributed by atoms with Crippen molar-refractivity contribution in [2.45, 2.75) is 39.5 Å². The molecule has 1 saturated heterocycles. The van der Waals surface area contributed by atoms with Crippen molar-refractivity contribution in [3.63, 3.8) is 0 Å². The van der Waals surface area contributed by atoms with E-state index in [0.29, 0.717) is 12.3 Å². The van der Waals surface area contributed by atoms with Gasteiger partial charge in [0.15, 0.2) is 0 Å². The van der Waals surface area contributed by atoms with Gasteiger partial charge < -0.3 is 10.0 Å². The monoisotopic (exact) mass is 213 g/mol. The molecule has 0 aliphatic carbocycles. The zero-order valence-corrected chi connectivity index (χ0v) is 9.91. The van der Waals surface area contributed by atoms with Gasteiger partial charge in [-0.2, -0.15) is 0 Å². The Balaban J connectivity index is 2.31. The Kier molecular flexibility index (Phi) is 5.09. The molecular weight excluding hydrogens is 190 g/mol. The van der Waals surface area contributed by atoms with E-state index in [1.54, 1.807) is 0 Å². The maximum Gasteiger partial charge on any atom is 0.303 e. The molecule has 0 aromatic rings. The number of hydrogen-bond acceptors (Lipinski definition) is 2. The van der Waals surface area contributed by atoms with Gasteiger partial charge in [0.25, 0.3) is 0 Å². The van der Waals surface area contributed by atoms with Crippen molar-refractivity contribution in [1.82, 2.24) is 4.90 Å². The van der Waals surface area contributed by atoms with Crippen LogP contribution in [0, 0.1) is 11.8 Å². The molecule has 88 valence electrons. The molecule has 1 fully saturated rings. The summed E-state index contributed by atoms with van der Waals surface area (Å²) >= 11 is 0. The van der Waals surface area contributed by atoms with Crippen molar-refractivity contribution in [1.29, 1.82) is 0 Å². The SMILES string of the molecule is CCC(C)CN1CCCC(CC(=O)O)C1. The second-order valence-corrected chi connectivity index (χ2v) is 4.88. The minimum atomic E-state index is -0.648. The average molecular weight is 213 g/mol. The number of carbonyl (C=O) groups is 1. The van der Waals surface area contributed by atoms with Crippen LogP contribution in [0.2, 0.25) is 0 Å². The van der Waals surface area contributed by atoms with Crippen LogP contribution < -0.4 is 0 Å². The first-order valence-electron chi connectivity index (χ1n) is 6.06. The van der Waals surface area contributed by atoms with Gasteiger partial charge in [-0.1, -0.05) is 20.3 Å². The molecular formula is C12H23NO2. The summed E-state index contributed by atoms with van der Waals surface area (Å²) in [4.78, 5) is 13.1. The van der Waals surface area contributed by atoms with E-state index in [4.69, 9.17) is 5.11 Å². The summed E-state index contributed by atoms with van der Waals surface area (Å²) in [5.74, 6) is 0.458. The third-order valence-corrected chi connectivity index (χ3v) is 3.33. The van der Waals surface area contributed by atoms with Crippen molar-refractivity contribution in [3.8, 4) is 0 Å². The molecule has 3 heteroatoms. The van der Waals surface area contributed by atoms with Gasteiger partial charge in [0, 0.05) is 19.5 Å². The van der Waals surface area contributed by atoms with Crippen LogP contribution in [-0.4, -0.2) is 35.6 Å². The molecule has 0 amide bonds. The summed E-state index contributed by atoms with van der Waals surface area (Å²) in [5.41, 5.74) is 0. The minimum Gasteiger partial charge on any atom is -0.481 e. The Morgan fingerprint density at radius 2 is 2.33 bits per heavy atom. The maximum atomic E-state index is 10.6. The first kappa shape index (κ1) is 12.5. The Hall–Kier alpha value is -0.570. The fourth-order valence-electron chi connectivity index (χ4n) is 2.30. The van der Waals surface area contributed by atoms with E-state index in [0.717, 1.165) is 38.4 Å². The molecule has 0 aromatic carbocycles. The van der Waals surface area contributed by atoms with Crippen molar-refractivity contribution in [2.75, 3.05) is 19.6 Å². The summed E-state index contributed by atoms with van der Waals surface area (Å²) < 4.78 is 0. The second-order valence-electron chi connectivity index (χ2n) is 4.88. The van der Waals surface area contributed by atoms with Gasteiger partial charge in [0.05, 0.1) is 0 Å². The highest BCUT2D eigenvalue weighted by molar-refractivity contribution is 5.67. The van der Waals surface area contributed by atoms with Crippen LogP contribution in [-0.2, 0) is 4.79 Å². The molecule has 0 radical (unpaired) electrons. The summed E-state index contributed by atoms with van der Waals surface area (Å²) in [5, 5.41) is 8.76. The topological polar surface area (TPSA) is 40.5 Å². The number of hydrogen-bond donors (Lipinski definition) is 1. The smallest absolute Gasteiger partial charge is 0.303 e. The summed E-state index contributed by atoms with van der Waals surface area (Å²) in [6.45, 7) is 7.74. The summed E-state index contributed by atoms with van der Waals surface area (Å²) in [7, 11) is 0. The minimum absolute atomic E-state index is 0.344. The number of rotatable bonds is 5. The van der Waals surface area contributed by atoms with Crippen LogP contribution in [0.5, 0.6) is 0 Å². The molecule has 1 N–H and O–H groups in total. The standard InChI is InChI=1S/C12H23NO2/c1-3-10(2)8-13-6-4-5-11(9-13)7-12(14)15/h10-11H,3-9H2,1-2H3,(H,14,15). The molecule has 1 heterocycles. The normalized spacial score (nSPS) is 25.1. The molecule has 1 aliphatic rings. The van der Waals surface area contributed by atoms with Crippen LogP contribution in [0.25, 0.3) is 0 Å². The second kappa shape index (κ2) is 6.11. The Morgan fingerprint density at radius 3 is 2.93 bits per heavy atom. The number of nitrogens with zero attached hydrogens (tertiary/aromatic N) is 1. The molecule has 2 unspecified atom stereocenters. The van der Waals surface area contributed by atoms with Crippen LogP contribution in [0.15, 0.2) is 0 Å². The van der Waals surface area contributed by atoms with Gasteiger partial charge in [-0.3, -0.25) is 4.79 Å². The Morgan fingerprint density at radius 1 is 1.60 bits per heavy atom. The van der Waals surface area contributed by atoms with E-state index in [9.17, 15) is 4.79 Å². The van der Waals surface area contributed by atoms with E-state index in [-0.39, 0.29) is 0 Å². The van der Waals surface area contributed by atoms with Gasteiger partial charge in [0.2, 0.25) is 0 Å². The average Bonchev–Trinajstić information content (AvgIpc) is 2.17. The van der Waals surface area contributed by atoms with E-state index >= 15 is 0 Å². The highest BCUT2D eigenvalue weighted by Gasteiger charge is 2.22. The molecule has 1 rings (SSSR count). The molecule has 0 bridgehead atoms. The molecule has 15 heavy (non-hydrogen) atoms. The fraction of sp³-hybridized carbons (Fsp3) is 0.917. The van der Waals surface area contributed by atoms with Gasteiger partial charge in [-0.15, -0.1) is 0 Å². The quantitative estimate of drug-likeness (QED) is 0.761. The van der Waals surface area contributed by atoms with Crippen LogP contribution in [0.4, 0.5) is 0 Å². The van der Waals surface area contributed by atoms with E-state index < -0.39 is 5.97 Å². The third-order valence-electron chi connectivity index (χ3n) is 3.33. The van der Waals surface area contributed by atoms with Crippen LogP contribution in [0.1, 0.15) is 39.5 Å². The first-order valence-corrected chi connectivity index (χ1v) is 6.06. The van der Waals surface area contributed by atoms with E-state index in [2.05, 4.69) is 18.7 Å². The lowest BCUT2D eigenvalue weighted by atomic mass is 9.94. The van der Waals surface area contributed by atoms with Crippen molar-refractivity contribution in [2.24, 2.45) is 11.8 Å². The van der Waals surface area contributed by atoms with Crippen molar-refractivity contribution < 1.29 is 9.90 Å². The number of aliphatic carboxylic acids is 1. The van der Waals surface area contributed by atoms with Crippen molar-refractivity contribution in [3.05, 3.63) is 0 Å². The lowest BCUT2D eigenvalue weighted by Gasteiger charge is -2.33. The molecule has 0 aromatic heterocycles. The zero-order valence-electron chi connectivity index (χ0n) is 9.91.